The van der Waals surface area contributed by atoms with Gasteiger partial charge in [0.15, 0.2) is 0 Å². The quantitative estimate of drug-likeness (QED) is 0.482. The number of methoxy groups -OCH3 is 1. The Labute approximate surface area is 203 Å². The van der Waals surface area contributed by atoms with Gasteiger partial charge in [-0.1, -0.05) is 35.7 Å². The van der Waals surface area contributed by atoms with Crippen molar-refractivity contribution in [3.05, 3.63) is 57.6 Å². The molecule has 0 unspecified atom stereocenters. The lowest BCUT2D eigenvalue weighted by atomic mass is 10.2. The number of sulfonamides is 1. The zero-order valence-electron chi connectivity index (χ0n) is 17.8. The van der Waals surface area contributed by atoms with E-state index in [0.29, 0.717) is 46.9 Å². The van der Waals surface area contributed by atoms with Crippen LogP contribution in [0, 0.1) is 0 Å². The summed E-state index contributed by atoms with van der Waals surface area (Å²) in [6.45, 7) is 1.41. The van der Waals surface area contributed by atoms with Crippen LogP contribution in [0.2, 0.25) is 10.0 Å². The van der Waals surface area contributed by atoms with Crippen LogP contribution >= 0.6 is 35.0 Å². The van der Waals surface area contributed by atoms with Gasteiger partial charge in [0.2, 0.25) is 10.0 Å². The molecule has 2 aromatic rings. The third kappa shape index (κ3) is 6.11. The molecule has 1 amide bonds. The molecule has 3 rings (SSSR count). The number of carbonyl (C=O) groups is 1. The second kappa shape index (κ2) is 11.6. The summed E-state index contributed by atoms with van der Waals surface area (Å²) in [6.07, 6.45) is 2.72. The number of rotatable bonds is 9. The van der Waals surface area contributed by atoms with Gasteiger partial charge in [-0.15, -0.1) is 0 Å². The minimum atomic E-state index is -3.64. The van der Waals surface area contributed by atoms with Gasteiger partial charge in [0.1, 0.15) is 5.75 Å². The molecule has 1 heterocycles. The van der Waals surface area contributed by atoms with Gasteiger partial charge in [0.05, 0.1) is 17.6 Å². The molecule has 1 saturated heterocycles. The molecule has 1 aliphatic heterocycles. The zero-order chi connectivity index (χ0) is 23.1. The van der Waals surface area contributed by atoms with Crippen LogP contribution in [0.1, 0.15) is 35.2 Å². The minimum absolute atomic E-state index is 0.105. The summed E-state index contributed by atoms with van der Waals surface area (Å²) in [5.41, 5.74) is 1.06. The Morgan fingerprint density at radius 1 is 1.12 bits per heavy atom. The van der Waals surface area contributed by atoms with Crippen molar-refractivity contribution < 1.29 is 17.9 Å². The van der Waals surface area contributed by atoms with E-state index in [1.807, 2.05) is 0 Å². The van der Waals surface area contributed by atoms with Crippen molar-refractivity contribution in [1.82, 2.24) is 9.62 Å². The number of halogens is 2. The SMILES string of the molecule is COc1ccc(S(=O)(=O)N2CCCCC2)cc1C(=O)NCCSCc1c(Cl)cccc1Cl. The van der Waals surface area contributed by atoms with E-state index < -0.39 is 10.0 Å². The topological polar surface area (TPSA) is 75.7 Å². The number of piperidine rings is 1. The Hall–Kier alpha value is -1.45. The van der Waals surface area contributed by atoms with Crippen LogP contribution in [-0.4, -0.2) is 51.1 Å². The number of ether oxygens (including phenoxy) is 1. The number of nitrogens with one attached hydrogen (secondary N) is 1. The average molecular weight is 518 g/mol. The standard InChI is InChI=1S/C22H26Cl2N2O4S2/c1-30-21-9-8-16(32(28,29)26-11-3-2-4-12-26)14-17(21)22(27)25-10-13-31-15-18-19(23)6-5-7-20(18)24/h5-9,14H,2-4,10-13,15H2,1H3,(H,25,27). The number of benzene rings is 2. The van der Waals surface area contributed by atoms with Crippen LogP contribution in [0.5, 0.6) is 5.75 Å². The first kappa shape index (κ1) is 25.2. The average Bonchev–Trinajstić information content (AvgIpc) is 2.80. The Kier molecular flexibility index (Phi) is 9.13. The molecule has 0 radical (unpaired) electrons. The normalized spacial score (nSPS) is 14.8. The molecule has 0 aromatic heterocycles. The minimum Gasteiger partial charge on any atom is -0.496 e. The van der Waals surface area contributed by atoms with Crippen molar-refractivity contribution in [2.24, 2.45) is 0 Å². The van der Waals surface area contributed by atoms with E-state index in [0.717, 1.165) is 24.8 Å². The maximum absolute atomic E-state index is 13.0. The molecule has 32 heavy (non-hydrogen) atoms. The largest absolute Gasteiger partial charge is 0.496 e. The van der Waals surface area contributed by atoms with Gasteiger partial charge >= 0.3 is 0 Å². The molecule has 10 heteroatoms. The number of thioether (sulfide) groups is 1. The number of hydrogen-bond donors (Lipinski definition) is 1. The van der Waals surface area contributed by atoms with Crippen molar-refractivity contribution in [3.8, 4) is 5.75 Å². The number of carbonyl (C=O) groups excluding carboxylic acids is 1. The van der Waals surface area contributed by atoms with Gasteiger partial charge in [-0.25, -0.2) is 8.42 Å². The molecule has 1 aliphatic rings. The van der Waals surface area contributed by atoms with Crippen LogP contribution in [0.25, 0.3) is 0 Å². The van der Waals surface area contributed by atoms with Crippen molar-refractivity contribution >= 4 is 50.9 Å². The Bertz CT molecular complexity index is 1040. The lowest BCUT2D eigenvalue weighted by Gasteiger charge is -2.26. The maximum Gasteiger partial charge on any atom is 0.255 e. The molecule has 0 bridgehead atoms. The van der Waals surface area contributed by atoms with Crippen molar-refractivity contribution in [2.75, 3.05) is 32.5 Å². The second-order valence-corrected chi connectivity index (χ2v) is 11.2. The fourth-order valence-corrected chi connectivity index (χ4v) is 6.59. The first-order valence-electron chi connectivity index (χ1n) is 10.3. The molecular weight excluding hydrogens is 491 g/mol. The predicted molar refractivity (Wildman–Crippen MR) is 131 cm³/mol. The molecule has 6 nitrogen and oxygen atoms in total. The van der Waals surface area contributed by atoms with Crippen LogP contribution in [0.4, 0.5) is 0 Å². The summed E-state index contributed by atoms with van der Waals surface area (Å²) in [4.78, 5) is 12.9. The first-order chi connectivity index (χ1) is 15.3. The summed E-state index contributed by atoms with van der Waals surface area (Å²) in [5.74, 6) is 1.22. The molecule has 0 aliphatic carbocycles. The lowest BCUT2D eigenvalue weighted by molar-refractivity contribution is 0.0953. The summed E-state index contributed by atoms with van der Waals surface area (Å²) in [5, 5.41) is 4.07. The fourth-order valence-electron chi connectivity index (χ4n) is 3.46. The molecule has 1 fully saturated rings. The van der Waals surface area contributed by atoms with Gasteiger partial charge in [-0.3, -0.25) is 4.79 Å². The van der Waals surface area contributed by atoms with E-state index >= 15 is 0 Å². The van der Waals surface area contributed by atoms with Gasteiger partial charge < -0.3 is 10.1 Å². The summed E-state index contributed by atoms with van der Waals surface area (Å²) >= 11 is 14.0. The van der Waals surface area contributed by atoms with Gasteiger partial charge in [-0.05, 0) is 48.7 Å². The molecular formula is C22H26Cl2N2O4S2. The molecule has 0 saturated carbocycles. The number of amides is 1. The molecule has 0 spiro atoms. The van der Waals surface area contributed by atoms with E-state index in [-0.39, 0.29) is 16.4 Å². The molecule has 1 N–H and O–H groups in total. The van der Waals surface area contributed by atoms with E-state index in [4.69, 9.17) is 27.9 Å². The monoisotopic (exact) mass is 516 g/mol. The first-order valence-corrected chi connectivity index (χ1v) is 13.7. The van der Waals surface area contributed by atoms with Crippen molar-refractivity contribution in [2.45, 2.75) is 29.9 Å². The smallest absolute Gasteiger partial charge is 0.255 e. The van der Waals surface area contributed by atoms with E-state index in [2.05, 4.69) is 5.32 Å². The van der Waals surface area contributed by atoms with Crippen LogP contribution in [0.15, 0.2) is 41.3 Å². The lowest BCUT2D eigenvalue weighted by Crippen LogP contribution is -2.35. The Morgan fingerprint density at radius 2 is 1.81 bits per heavy atom. The second-order valence-electron chi connectivity index (χ2n) is 7.34. The Morgan fingerprint density at radius 3 is 2.47 bits per heavy atom. The summed E-state index contributed by atoms with van der Waals surface area (Å²) in [6, 6.07) is 9.80. The number of hydrogen-bond acceptors (Lipinski definition) is 5. The number of nitrogens with zero attached hydrogens (tertiary/aromatic N) is 1. The highest BCUT2D eigenvalue weighted by atomic mass is 35.5. The van der Waals surface area contributed by atoms with E-state index in [1.165, 1.54) is 29.6 Å². The fraction of sp³-hybridized carbons (Fsp3) is 0.409. The van der Waals surface area contributed by atoms with Crippen molar-refractivity contribution in [1.29, 1.82) is 0 Å². The van der Waals surface area contributed by atoms with E-state index in [9.17, 15) is 13.2 Å². The maximum atomic E-state index is 13.0. The van der Waals surface area contributed by atoms with Crippen molar-refractivity contribution in [3.63, 3.8) is 0 Å². The highest BCUT2D eigenvalue weighted by Gasteiger charge is 2.27. The van der Waals surface area contributed by atoms with Crippen LogP contribution in [0.3, 0.4) is 0 Å². The highest BCUT2D eigenvalue weighted by molar-refractivity contribution is 7.98. The predicted octanol–water partition coefficient (Wildman–Crippen LogP) is 4.84. The van der Waals surface area contributed by atoms with Gasteiger partial charge in [-0.2, -0.15) is 16.1 Å². The van der Waals surface area contributed by atoms with Gasteiger partial charge in [0, 0.05) is 41.2 Å². The summed E-state index contributed by atoms with van der Waals surface area (Å²) < 4.78 is 32.7. The molecule has 0 atom stereocenters. The third-order valence-corrected chi connectivity index (χ3v) is 8.80. The van der Waals surface area contributed by atoms with Gasteiger partial charge in [0.25, 0.3) is 5.91 Å². The molecule has 174 valence electrons. The molecule has 2 aromatic carbocycles. The summed E-state index contributed by atoms with van der Waals surface area (Å²) in [7, 11) is -2.19. The van der Waals surface area contributed by atoms with Crippen LogP contribution < -0.4 is 10.1 Å². The zero-order valence-corrected chi connectivity index (χ0v) is 20.9. The van der Waals surface area contributed by atoms with E-state index in [1.54, 1.807) is 30.0 Å². The Balaban J connectivity index is 1.62. The third-order valence-electron chi connectivity index (χ3n) is 5.21. The highest BCUT2D eigenvalue weighted by Crippen LogP contribution is 2.28. The van der Waals surface area contributed by atoms with Crippen LogP contribution in [-0.2, 0) is 15.8 Å².